The van der Waals surface area contributed by atoms with E-state index < -0.39 is 0 Å². The Morgan fingerprint density at radius 2 is 1.17 bits per heavy atom. The average Bonchev–Trinajstić information content (AvgIpc) is 1.39. The molecular weight excluding hydrogens is 442 g/mol. The Morgan fingerprint density at radius 1 is 1.17 bits per heavy atom. The molecule has 0 bridgehead atoms. The molecule has 0 aliphatic rings. The summed E-state index contributed by atoms with van der Waals surface area (Å²) in [6.07, 6.45) is 0. The molecule has 0 fully saturated rings. The maximum atomic E-state index is 3.03. The molecule has 0 aliphatic heterocycles. The van der Waals surface area contributed by atoms with Crippen LogP contribution in [0, 0.1) is 0 Å². The first-order valence-electron chi connectivity index (χ1n) is 0.480. The van der Waals surface area contributed by atoms with Crippen LogP contribution in [-0.2, 0) is 22.5 Å². The van der Waals surface area contributed by atoms with Crippen LogP contribution in [0.25, 0.3) is 0 Å². The maximum absolute atomic E-state index is 3.03. The molecular formula is Br4CoCu. The quantitative estimate of drug-likeness (QED) is 0.505. The van der Waals surface area contributed by atoms with Crippen molar-refractivity contribution in [3.63, 3.8) is 0 Å². The predicted octanol–water partition coefficient (Wildman–Crippen LogP) is 3.38. The van der Waals surface area contributed by atoms with E-state index in [-0.39, 0.29) is 0 Å². The molecule has 0 aromatic carbocycles. The Kier molecular flexibility index (Phi) is 30.6. The number of halogens is 4. The van der Waals surface area contributed by atoms with Crippen molar-refractivity contribution in [3.8, 4) is 0 Å². The molecule has 0 nitrogen and oxygen atoms in total. The summed E-state index contributed by atoms with van der Waals surface area (Å²) in [5, 5.41) is 0. The van der Waals surface area contributed by atoms with Gasteiger partial charge in [-0.05, 0) is 0 Å². The van der Waals surface area contributed by atoms with Gasteiger partial charge in [0.05, 0.1) is 0 Å². The van der Waals surface area contributed by atoms with Gasteiger partial charge in [0.25, 0.3) is 0 Å². The van der Waals surface area contributed by atoms with Gasteiger partial charge < -0.3 is 0 Å². The number of hydrogen-bond acceptors (Lipinski definition) is 0. The fraction of sp³-hybridized carbons (Fsp3) is 0. The van der Waals surface area contributed by atoms with Crippen LogP contribution < -0.4 is 0 Å². The second-order valence-corrected chi connectivity index (χ2v) is 10.1. The topological polar surface area (TPSA) is 0 Å². The Hall–Kier alpha value is 2.95. The molecule has 0 aromatic heterocycles. The Bertz CT molecular complexity index is 9.51. The van der Waals surface area contributed by atoms with E-state index in [2.05, 4.69) is 56.6 Å². The van der Waals surface area contributed by atoms with Gasteiger partial charge in [-0.3, -0.25) is 0 Å². The Labute approximate surface area is 77.6 Å². The van der Waals surface area contributed by atoms with E-state index >= 15 is 0 Å². The van der Waals surface area contributed by atoms with Crippen molar-refractivity contribution >= 4 is 56.6 Å². The molecule has 0 unspecified atom stereocenters. The first-order valence-corrected chi connectivity index (χ1v) is 10.3. The van der Waals surface area contributed by atoms with Gasteiger partial charge in [-0.15, -0.1) is 0 Å². The van der Waals surface area contributed by atoms with Gasteiger partial charge in [0.15, 0.2) is 0 Å². The SMILES string of the molecule is [Br][Co][Br].[Br][Cu][Br]. The third-order valence-electron chi connectivity index (χ3n) is 0. The molecule has 0 radical (unpaired) electrons. The molecule has 0 spiro atoms. The van der Waals surface area contributed by atoms with E-state index in [1.807, 2.05) is 0 Å². The van der Waals surface area contributed by atoms with E-state index in [9.17, 15) is 0 Å². The van der Waals surface area contributed by atoms with Gasteiger partial charge in [0, 0.05) is 0 Å². The molecule has 0 heterocycles. The zero-order valence-corrected chi connectivity index (χ0v) is 10.5. The summed E-state index contributed by atoms with van der Waals surface area (Å²) in [6.45, 7) is 0. The van der Waals surface area contributed by atoms with E-state index in [4.69, 9.17) is 0 Å². The first kappa shape index (κ1) is 11.7. The number of rotatable bonds is 0. The molecule has 0 saturated carbocycles. The molecule has 0 aliphatic carbocycles. The second kappa shape index (κ2) is 15.7. The Morgan fingerprint density at radius 3 is 1.17 bits per heavy atom. The summed E-state index contributed by atoms with van der Waals surface area (Å²) in [6, 6.07) is 0. The van der Waals surface area contributed by atoms with Gasteiger partial charge in [-0.2, -0.15) is 0 Å². The molecule has 0 N–H and O–H groups in total. The second-order valence-electron chi connectivity index (χ2n) is 0.0907. The Balaban J connectivity index is 0. The molecule has 0 saturated heterocycles. The van der Waals surface area contributed by atoms with E-state index in [0.717, 1.165) is 11.1 Å². The van der Waals surface area contributed by atoms with Crippen molar-refractivity contribution in [1.29, 1.82) is 0 Å². The third-order valence-corrected chi connectivity index (χ3v) is 0. The van der Waals surface area contributed by atoms with Crippen molar-refractivity contribution in [2.24, 2.45) is 0 Å². The van der Waals surface area contributed by atoms with Crippen LogP contribution in [0.1, 0.15) is 0 Å². The minimum atomic E-state index is 1.06. The molecule has 0 aromatic rings. The first-order chi connectivity index (χ1) is 2.83. The van der Waals surface area contributed by atoms with Gasteiger partial charge in [0.1, 0.15) is 0 Å². The van der Waals surface area contributed by atoms with Crippen LogP contribution >= 0.6 is 56.6 Å². The third kappa shape index (κ3) is 28.3. The molecule has 6 heteroatoms. The summed E-state index contributed by atoms with van der Waals surface area (Å²) in [5.41, 5.74) is 0. The van der Waals surface area contributed by atoms with Gasteiger partial charge >= 0.3 is 79.0 Å². The summed E-state index contributed by atoms with van der Waals surface area (Å²) >= 11 is 14.5. The van der Waals surface area contributed by atoms with Gasteiger partial charge in [-0.1, -0.05) is 0 Å². The van der Waals surface area contributed by atoms with Crippen LogP contribution in [0.3, 0.4) is 0 Å². The van der Waals surface area contributed by atoms with Crippen molar-refractivity contribution in [2.45, 2.75) is 0 Å². The zero-order chi connectivity index (χ0) is 5.41. The average molecular weight is 442 g/mol. The molecule has 0 atom stereocenters. The van der Waals surface area contributed by atoms with Gasteiger partial charge in [0.2, 0.25) is 0 Å². The van der Waals surface area contributed by atoms with Crippen LogP contribution in [0.2, 0.25) is 0 Å². The summed E-state index contributed by atoms with van der Waals surface area (Å²) in [5.74, 6) is 0. The molecule has 6 heavy (non-hydrogen) atoms. The molecule has 0 rings (SSSR count). The fourth-order valence-electron chi connectivity index (χ4n) is 0. The summed E-state index contributed by atoms with van der Waals surface area (Å²) in [7, 11) is 0. The normalized spacial score (nSPS) is 7.33. The van der Waals surface area contributed by atoms with Gasteiger partial charge in [-0.25, -0.2) is 0 Å². The van der Waals surface area contributed by atoms with Crippen LogP contribution in [0.5, 0.6) is 0 Å². The summed E-state index contributed by atoms with van der Waals surface area (Å²) in [4.78, 5) is 0. The van der Waals surface area contributed by atoms with Crippen molar-refractivity contribution < 1.29 is 22.5 Å². The minimum absolute atomic E-state index is 1.06. The van der Waals surface area contributed by atoms with Crippen LogP contribution in [-0.4, -0.2) is 0 Å². The zero-order valence-electron chi connectivity index (χ0n) is 2.15. The standard InChI is InChI=1S/4BrH.Co.Cu/h4*1H;;/q;;;;2*+2/p-4. The molecule has 48 valence electrons. The van der Waals surface area contributed by atoms with E-state index in [0.29, 0.717) is 0 Å². The van der Waals surface area contributed by atoms with Crippen LogP contribution in [0.4, 0.5) is 0 Å². The van der Waals surface area contributed by atoms with Crippen LogP contribution in [0.15, 0.2) is 0 Å². The van der Waals surface area contributed by atoms with Crippen molar-refractivity contribution in [3.05, 3.63) is 0 Å². The summed E-state index contributed by atoms with van der Waals surface area (Å²) < 4.78 is 0. The monoisotopic (exact) mass is 438 g/mol. The predicted molar refractivity (Wildman–Crippen MR) is 35.7 cm³/mol. The fourth-order valence-corrected chi connectivity index (χ4v) is 0. The molecule has 0 amide bonds. The van der Waals surface area contributed by atoms with E-state index in [1.165, 1.54) is 11.3 Å². The van der Waals surface area contributed by atoms with E-state index in [1.54, 1.807) is 0 Å². The number of hydrogen-bond donors (Lipinski definition) is 0. The van der Waals surface area contributed by atoms with Crippen molar-refractivity contribution in [2.75, 3.05) is 0 Å². The van der Waals surface area contributed by atoms with Crippen molar-refractivity contribution in [1.82, 2.24) is 0 Å².